The van der Waals surface area contributed by atoms with Crippen LogP contribution in [0.2, 0.25) is 5.02 Å². The second-order valence-corrected chi connectivity index (χ2v) is 6.68. The summed E-state index contributed by atoms with van der Waals surface area (Å²) in [6.45, 7) is 6.34. The number of nitrogens with zero attached hydrogens (tertiary/aromatic N) is 2. The normalized spacial score (nSPS) is 13.2. The van der Waals surface area contributed by atoms with Crippen LogP contribution in [0.3, 0.4) is 0 Å². The molecule has 0 aliphatic rings. The summed E-state index contributed by atoms with van der Waals surface area (Å²) in [5.74, 6) is 0. The van der Waals surface area contributed by atoms with Gasteiger partial charge in [0.2, 0.25) is 0 Å². The number of rotatable bonds is 4. The molecule has 0 radical (unpaired) electrons. The first-order chi connectivity index (χ1) is 9.81. The zero-order chi connectivity index (χ0) is 15.6. The number of halogens is 1. The Labute approximate surface area is 130 Å². The number of aliphatic hydroxyl groups excluding tert-OH is 1. The van der Waals surface area contributed by atoms with Gasteiger partial charge in [0.05, 0.1) is 18.3 Å². The fourth-order valence-electron chi connectivity index (χ4n) is 2.35. The van der Waals surface area contributed by atoms with Crippen LogP contribution < -0.4 is 5.32 Å². The number of aromatic nitrogens is 2. The number of anilines is 1. The molecule has 1 aromatic heterocycles. The molecule has 1 aromatic carbocycles. The molecule has 0 aliphatic heterocycles. The zero-order valence-corrected chi connectivity index (χ0v) is 13.6. The van der Waals surface area contributed by atoms with Crippen LogP contribution in [-0.4, -0.2) is 21.5 Å². The lowest BCUT2D eigenvalue weighted by Gasteiger charge is -2.23. The van der Waals surface area contributed by atoms with Gasteiger partial charge in [0.1, 0.15) is 0 Å². The average Bonchev–Trinajstić information content (AvgIpc) is 2.78. The van der Waals surface area contributed by atoms with Crippen molar-refractivity contribution in [2.24, 2.45) is 7.05 Å². The molecule has 0 amide bonds. The highest BCUT2D eigenvalue weighted by Gasteiger charge is 2.26. The van der Waals surface area contributed by atoms with Crippen molar-refractivity contribution in [1.29, 1.82) is 0 Å². The van der Waals surface area contributed by atoms with Crippen LogP contribution in [0, 0.1) is 0 Å². The molecular formula is C16H22ClN3O. The van der Waals surface area contributed by atoms with Gasteiger partial charge in [0.25, 0.3) is 0 Å². The highest BCUT2D eigenvalue weighted by molar-refractivity contribution is 6.30. The van der Waals surface area contributed by atoms with Crippen molar-refractivity contribution in [2.75, 3.05) is 11.9 Å². The van der Waals surface area contributed by atoms with Gasteiger partial charge in [-0.25, -0.2) is 0 Å². The lowest BCUT2D eigenvalue weighted by Crippen LogP contribution is -2.21. The van der Waals surface area contributed by atoms with Crippen molar-refractivity contribution in [3.63, 3.8) is 0 Å². The molecule has 0 bridgehead atoms. The predicted octanol–water partition coefficient (Wildman–Crippen LogP) is 3.52. The number of hydrogen-bond donors (Lipinski definition) is 2. The third-order valence-corrected chi connectivity index (χ3v) is 3.53. The molecule has 0 aliphatic carbocycles. The van der Waals surface area contributed by atoms with E-state index in [0.717, 1.165) is 16.9 Å². The average molecular weight is 308 g/mol. The van der Waals surface area contributed by atoms with Crippen molar-refractivity contribution < 1.29 is 5.11 Å². The first kappa shape index (κ1) is 15.9. The van der Waals surface area contributed by atoms with Crippen LogP contribution >= 0.6 is 11.6 Å². The standard InChI is InChI=1S/C16H22ClN3O/c1-16(2,3)15-13(9-20(4)19-15)14(10-21)18-12-7-5-6-11(17)8-12/h5-9,14,18,21H,10H2,1-4H3. The first-order valence-corrected chi connectivity index (χ1v) is 7.36. The molecular weight excluding hydrogens is 286 g/mol. The second-order valence-electron chi connectivity index (χ2n) is 6.25. The van der Waals surface area contributed by atoms with Gasteiger partial charge in [0, 0.05) is 34.9 Å². The van der Waals surface area contributed by atoms with Crippen molar-refractivity contribution in [2.45, 2.75) is 32.2 Å². The van der Waals surface area contributed by atoms with E-state index in [4.69, 9.17) is 11.6 Å². The minimum absolute atomic E-state index is 0.0126. The summed E-state index contributed by atoms with van der Waals surface area (Å²) < 4.78 is 1.79. The molecule has 2 N–H and O–H groups in total. The molecule has 1 unspecified atom stereocenters. The Bertz CT molecular complexity index is 616. The molecule has 0 fully saturated rings. The highest BCUT2D eigenvalue weighted by Crippen LogP contribution is 2.30. The van der Waals surface area contributed by atoms with Gasteiger partial charge in [-0.1, -0.05) is 38.4 Å². The smallest absolute Gasteiger partial charge is 0.0778 e. The number of aliphatic hydroxyl groups is 1. The van der Waals surface area contributed by atoms with E-state index in [1.807, 2.05) is 37.5 Å². The highest BCUT2D eigenvalue weighted by atomic mass is 35.5. The molecule has 0 saturated heterocycles. The summed E-state index contributed by atoms with van der Waals surface area (Å²) in [7, 11) is 1.90. The Morgan fingerprint density at radius 3 is 2.67 bits per heavy atom. The van der Waals surface area contributed by atoms with Gasteiger partial charge in [-0.15, -0.1) is 0 Å². The fourth-order valence-corrected chi connectivity index (χ4v) is 2.54. The van der Waals surface area contributed by atoms with Crippen LogP contribution in [0.1, 0.15) is 38.1 Å². The number of nitrogens with one attached hydrogen (secondary N) is 1. The Kier molecular flexibility index (Phi) is 4.59. The predicted molar refractivity (Wildman–Crippen MR) is 86.8 cm³/mol. The topological polar surface area (TPSA) is 50.1 Å². The molecule has 1 atom stereocenters. The van der Waals surface area contributed by atoms with Crippen LogP contribution in [0.15, 0.2) is 30.5 Å². The summed E-state index contributed by atoms with van der Waals surface area (Å²) in [4.78, 5) is 0. The van der Waals surface area contributed by atoms with Crippen LogP contribution in [0.4, 0.5) is 5.69 Å². The summed E-state index contributed by atoms with van der Waals surface area (Å²) in [5.41, 5.74) is 2.79. The van der Waals surface area contributed by atoms with Gasteiger partial charge >= 0.3 is 0 Å². The first-order valence-electron chi connectivity index (χ1n) is 6.98. The van der Waals surface area contributed by atoms with Crippen LogP contribution in [0.25, 0.3) is 0 Å². The maximum Gasteiger partial charge on any atom is 0.0778 e. The fraction of sp³-hybridized carbons (Fsp3) is 0.438. The van der Waals surface area contributed by atoms with E-state index in [0.29, 0.717) is 5.02 Å². The quantitative estimate of drug-likeness (QED) is 0.908. The molecule has 0 spiro atoms. The SMILES string of the molecule is Cn1cc(C(CO)Nc2cccc(Cl)c2)c(C(C)(C)C)n1. The lowest BCUT2D eigenvalue weighted by molar-refractivity contribution is 0.275. The summed E-state index contributed by atoms with van der Waals surface area (Å²) in [6.07, 6.45) is 1.96. The van der Waals surface area contributed by atoms with Crippen molar-refractivity contribution >= 4 is 17.3 Å². The Morgan fingerprint density at radius 2 is 2.10 bits per heavy atom. The Balaban J connectivity index is 2.34. The van der Waals surface area contributed by atoms with E-state index < -0.39 is 0 Å². The summed E-state index contributed by atoms with van der Waals surface area (Å²) >= 11 is 6.01. The van der Waals surface area contributed by atoms with Crippen molar-refractivity contribution in [3.8, 4) is 0 Å². The maximum absolute atomic E-state index is 9.78. The molecule has 0 saturated carbocycles. The van der Waals surface area contributed by atoms with E-state index in [1.54, 1.807) is 4.68 Å². The zero-order valence-electron chi connectivity index (χ0n) is 12.9. The summed E-state index contributed by atoms with van der Waals surface area (Å²) in [6, 6.07) is 7.27. The van der Waals surface area contributed by atoms with Gasteiger partial charge in [-0.3, -0.25) is 4.68 Å². The Morgan fingerprint density at radius 1 is 1.38 bits per heavy atom. The van der Waals surface area contributed by atoms with Crippen molar-refractivity contribution in [3.05, 3.63) is 46.7 Å². The minimum atomic E-state index is -0.216. The molecule has 5 heteroatoms. The molecule has 2 rings (SSSR count). The van der Waals surface area contributed by atoms with E-state index in [-0.39, 0.29) is 18.1 Å². The molecule has 114 valence electrons. The lowest BCUT2D eigenvalue weighted by atomic mass is 9.87. The number of hydrogen-bond acceptors (Lipinski definition) is 3. The number of aryl methyl sites for hydroxylation is 1. The van der Waals surface area contributed by atoms with Gasteiger partial charge in [0.15, 0.2) is 0 Å². The second kappa shape index (κ2) is 6.08. The molecule has 4 nitrogen and oxygen atoms in total. The Hall–Kier alpha value is -1.52. The monoisotopic (exact) mass is 307 g/mol. The van der Waals surface area contributed by atoms with Crippen LogP contribution in [0.5, 0.6) is 0 Å². The van der Waals surface area contributed by atoms with E-state index in [2.05, 4.69) is 31.2 Å². The maximum atomic E-state index is 9.78. The van der Waals surface area contributed by atoms with E-state index in [1.165, 1.54) is 0 Å². The largest absolute Gasteiger partial charge is 0.394 e. The van der Waals surface area contributed by atoms with Gasteiger partial charge in [-0.05, 0) is 18.2 Å². The molecule has 2 aromatic rings. The molecule has 1 heterocycles. The third-order valence-electron chi connectivity index (χ3n) is 3.29. The van der Waals surface area contributed by atoms with Gasteiger partial charge < -0.3 is 10.4 Å². The minimum Gasteiger partial charge on any atom is -0.394 e. The van der Waals surface area contributed by atoms with E-state index in [9.17, 15) is 5.11 Å². The van der Waals surface area contributed by atoms with Crippen molar-refractivity contribution in [1.82, 2.24) is 9.78 Å². The van der Waals surface area contributed by atoms with E-state index >= 15 is 0 Å². The third kappa shape index (κ3) is 3.77. The van der Waals surface area contributed by atoms with Crippen LogP contribution in [-0.2, 0) is 12.5 Å². The molecule has 21 heavy (non-hydrogen) atoms. The number of benzene rings is 1. The summed E-state index contributed by atoms with van der Waals surface area (Å²) in [5, 5.41) is 18.3. The van der Waals surface area contributed by atoms with Gasteiger partial charge in [-0.2, -0.15) is 5.10 Å².